The van der Waals surface area contributed by atoms with E-state index in [2.05, 4.69) is 10.2 Å². The molecule has 3 N–H and O–H groups in total. The van der Waals surface area contributed by atoms with Crippen LogP contribution >= 0.6 is 11.6 Å². The summed E-state index contributed by atoms with van der Waals surface area (Å²) in [4.78, 5) is 14.8. The quantitative estimate of drug-likeness (QED) is 0.592. The number of carbonyl (C=O) groups excluding carboxylic acids is 1. The lowest BCUT2D eigenvalue weighted by Gasteiger charge is -2.26. The molecule has 4 rings (SSSR count). The minimum absolute atomic E-state index is 0.00593. The van der Waals surface area contributed by atoms with Crippen LogP contribution in [0, 0.1) is 13.8 Å². The number of halogens is 1. The molecule has 0 fully saturated rings. The molecule has 2 aromatic carbocycles. The molecular formula is C22H22ClN3O3. The van der Waals surface area contributed by atoms with Crippen molar-refractivity contribution < 1.29 is 15.0 Å². The molecular weight excluding hydrogens is 390 g/mol. The first-order valence-electron chi connectivity index (χ1n) is 9.48. The predicted molar refractivity (Wildman–Crippen MR) is 111 cm³/mol. The van der Waals surface area contributed by atoms with E-state index in [1.807, 2.05) is 38.1 Å². The second-order valence-corrected chi connectivity index (χ2v) is 7.81. The van der Waals surface area contributed by atoms with Gasteiger partial charge in [-0.2, -0.15) is 5.10 Å². The van der Waals surface area contributed by atoms with Gasteiger partial charge < -0.3 is 15.1 Å². The largest absolute Gasteiger partial charge is 0.507 e. The average molecular weight is 412 g/mol. The van der Waals surface area contributed by atoms with Crippen molar-refractivity contribution in [3.05, 3.63) is 69.4 Å². The SMILES string of the molecule is Cc1cc(C)c(O)c(-c2n[nH]c3c2[C@@H](c2ccc(Cl)cc2)N(CCCO)C3=O)c1. The van der Waals surface area contributed by atoms with Crippen LogP contribution in [0.15, 0.2) is 36.4 Å². The Morgan fingerprint density at radius 3 is 2.62 bits per heavy atom. The van der Waals surface area contributed by atoms with Crippen molar-refractivity contribution >= 4 is 17.5 Å². The van der Waals surface area contributed by atoms with Crippen molar-refractivity contribution in [2.24, 2.45) is 0 Å². The smallest absolute Gasteiger partial charge is 0.273 e. The Balaban J connectivity index is 1.91. The van der Waals surface area contributed by atoms with E-state index in [4.69, 9.17) is 11.6 Å². The van der Waals surface area contributed by atoms with Gasteiger partial charge in [-0.1, -0.05) is 29.8 Å². The number of hydrogen-bond acceptors (Lipinski definition) is 4. The molecule has 0 saturated carbocycles. The standard InChI is InChI=1S/C22H22ClN3O3/c1-12-10-13(2)21(28)16(11-12)18-17-19(25-24-18)22(29)26(8-3-9-27)20(17)14-4-6-15(23)7-5-14/h4-7,10-11,20,27-28H,3,8-9H2,1-2H3,(H,24,25)/t20-/m1/s1. The fourth-order valence-electron chi connectivity index (χ4n) is 4.01. The predicted octanol–water partition coefficient (Wildman–Crippen LogP) is 3.98. The molecule has 3 aromatic rings. The molecule has 6 nitrogen and oxygen atoms in total. The third-order valence-corrected chi connectivity index (χ3v) is 5.56. The van der Waals surface area contributed by atoms with Gasteiger partial charge >= 0.3 is 0 Å². The number of phenolic OH excluding ortho intramolecular Hbond substituents is 1. The van der Waals surface area contributed by atoms with Gasteiger partial charge in [0, 0.05) is 29.3 Å². The fourth-order valence-corrected chi connectivity index (χ4v) is 4.13. The molecule has 0 unspecified atom stereocenters. The van der Waals surface area contributed by atoms with Crippen LogP contribution < -0.4 is 0 Å². The molecule has 29 heavy (non-hydrogen) atoms. The number of H-pyrrole nitrogens is 1. The number of phenols is 1. The molecule has 1 aliphatic rings. The van der Waals surface area contributed by atoms with Gasteiger partial charge in [-0.05, 0) is 55.2 Å². The van der Waals surface area contributed by atoms with Crippen molar-refractivity contribution in [1.82, 2.24) is 15.1 Å². The van der Waals surface area contributed by atoms with Crippen molar-refractivity contribution in [2.75, 3.05) is 13.2 Å². The van der Waals surface area contributed by atoms with E-state index in [-0.39, 0.29) is 24.3 Å². The van der Waals surface area contributed by atoms with Crippen LogP contribution in [0.2, 0.25) is 5.02 Å². The Bertz CT molecular complexity index is 1080. The molecule has 0 radical (unpaired) electrons. The van der Waals surface area contributed by atoms with Crippen LogP contribution in [0.1, 0.15) is 45.2 Å². The number of aromatic amines is 1. The topological polar surface area (TPSA) is 89.5 Å². The zero-order valence-corrected chi connectivity index (χ0v) is 17.0. The first-order chi connectivity index (χ1) is 13.9. The van der Waals surface area contributed by atoms with E-state index in [9.17, 15) is 15.0 Å². The molecule has 0 bridgehead atoms. The van der Waals surface area contributed by atoms with Crippen molar-refractivity contribution in [3.8, 4) is 17.0 Å². The third kappa shape index (κ3) is 3.28. The highest BCUT2D eigenvalue weighted by atomic mass is 35.5. The maximum absolute atomic E-state index is 13.1. The van der Waals surface area contributed by atoms with Gasteiger partial charge in [0.2, 0.25) is 0 Å². The van der Waals surface area contributed by atoms with E-state index in [1.54, 1.807) is 17.0 Å². The highest BCUT2D eigenvalue weighted by Crippen LogP contribution is 2.45. The highest BCUT2D eigenvalue weighted by Gasteiger charge is 2.42. The summed E-state index contributed by atoms with van der Waals surface area (Å²) in [5.41, 5.74) is 4.94. The summed E-state index contributed by atoms with van der Waals surface area (Å²) >= 11 is 6.06. The van der Waals surface area contributed by atoms with Gasteiger partial charge in [0.15, 0.2) is 0 Å². The van der Waals surface area contributed by atoms with Crippen LogP contribution in [0.3, 0.4) is 0 Å². The molecule has 0 saturated heterocycles. The summed E-state index contributed by atoms with van der Waals surface area (Å²) in [5.74, 6) is -0.0166. The number of aryl methyl sites for hydroxylation is 2. The Morgan fingerprint density at radius 1 is 1.21 bits per heavy atom. The number of aromatic nitrogens is 2. The number of amides is 1. The summed E-state index contributed by atoms with van der Waals surface area (Å²) in [6.07, 6.45) is 0.470. The second kappa shape index (κ2) is 7.54. The number of hydrogen-bond donors (Lipinski definition) is 3. The monoisotopic (exact) mass is 411 g/mol. The zero-order valence-electron chi connectivity index (χ0n) is 16.2. The van der Waals surface area contributed by atoms with Gasteiger partial charge in [-0.25, -0.2) is 0 Å². The number of carbonyl (C=O) groups is 1. The van der Waals surface area contributed by atoms with Crippen LogP contribution in [-0.4, -0.2) is 44.4 Å². The molecule has 1 aromatic heterocycles. The third-order valence-electron chi connectivity index (χ3n) is 5.31. The Kier molecular flexibility index (Phi) is 5.06. The van der Waals surface area contributed by atoms with Gasteiger partial charge in [-0.3, -0.25) is 9.89 Å². The number of fused-ring (bicyclic) bond motifs is 1. The number of aliphatic hydroxyl groups excluding tert-OH is 1. The molecule has 150 valence electrons. The number of benzene rings is 2. The molecule has 1 atom stereocenters. The van der Waals surface area contributed by atoms with Crippen molar-refractivity contribution in [2.45, 2.75) is 26.3 Å². The van der Waals surface area contributed by atoms with E-state index >= 15 is 0 Å². The highest BCUT2D eigenvalue weighted by molar-refractivity contribution is 6.30. The number of aromatic hydroxyl groups is 1. The second-order valence-electron chi connectivity index (χ2n) is 7.37. The summed E-state index contributed by atoms with van der Waals surface area (Å²) in [6, 6.07) is 10.8. The van der Waals surface area contributed by atoms with Crippen molar-refractivity contribution in [3.63, 3.8) is 0 Å². The summed E-state index contributed by atoms with van der Waals surface area (Å²) in [5, 5.41) is 27.9. The Hall–Kier alpha value is -2.83. The maximum Gasteiger partial charge on any atom is 0.273 e. The lowest BCUT2D eigenvalue weighted by molar-refractivity contribution is 0.0732. The molecule has 0 aliphatic carbocycles. The first kappa shape index (κ1) is 19.5. The normalized spacial score (nSPS) is 15.8. The molecule has 1 amide bonds. The van der Waals surface area contributed by atoms with Crippen LogP contribution in [0.25, 0.3) is 11.3 Å². The van der Waals surface area contributed by atoms with E-state index in [0.717, 1.165) is 22.3 Å². The average Bonchev–Trinajstić information content (AvgIpc) is 3.23. The van der Waals surface area contributed by atoms with E-state index in [1.165, 1.54) is 0 Å². The minimum atomic E-state index is -0.379. The van der Waals surface area contributed by atoms with Gasteiger partial charge in [-0.15, -0.1) is 0 Å². The number of nitrogens with zero attached hydrogens (tertiary/aromatic N) is 2. The molecule has 0 spiro atoms. The number of aliphatic hydroxyl groups is 1. The van der Waals surface area contributed by atoms with Gasteiger partial charge in [0.1, 0.15) is 17.1 Å². The fraction of sp³-hybridized carbons (Fsp3) is 0.273. The number of rotatable bonds is 5. The summed E-state index contributed by atoms with van der Waals surface area (Å²) in [6.45, 7) is 4.20. The van der Waals surface area contributed by atoms with Crippen LogP contribution in [0.5, 0.6) is 5.75 Å². The van der Waals surface area contributed by atoms with E-state index < -0.39 is 0 Å². The van der Waals surface area contributed by atoms with Gasteiger partial charge in [0.25, 0.3) is 5.91 Å². The lowest BCUT2D eigenvalue weighted by atomic mass is 9.94. The number of nitrogens with one attached hydrogen (secondary N) is 1. The van der Waals surface area contributed by atoms with Crippen LogP contribution in [-0.2, 0) is 0 Å². The molecule has 1 aliphatic heterocycles. The van der Waals surface area contributed by atoms with Gasteiger partial charge in [0.05, 0.1) is 6.04 Å². The van der Waals surface area contributed by atoms with Crippen molar-refractivity contribution in [1.29, 1.82) is 0 Å². The molecule has 2 heterocycles. The lowest BCUT2D eigenvalue weighted by Crippen LogP contribution is -2.31. The van der Waals surface area contributed by atoms with E-state index in [0.29, 0.717) is 34.9 Å². The van der Waals surface area contributed by atoms with Crippen LogP contribution in [0.4, 0.5) is 0 Å². The Morgan fingerprint density at radius 2 is 1.93 bits per heavy atom. The maximum atomic E-state index is 13.1. The summed E-state index contributed by atoms with van der Waals surface area (Å²) < 4.78 is 0. The summed E-state index contributed by atoms with van der Waals surface area (Å²) in [7, 11) is 0. The molecule has 7 heteroatoms. The minimum Gasteiger partial charge on any atom is -0.507 e. The first-order valence-corrected chi connectivity index (χ1v) is 9.86. The Labute approximate surface area is 173 Å². The zero-order chi connectivity index (χ0) is 20.7.